The molecule has 0 saturated heterocycles. The fourth-order valence-electron chi connectivity index (χ4n) is 1.62. The van der Waals surface area contributed by atoms with Crippen molar-refractivity contribution >= 4 is 28.6 Å². The van der Waals surface area contributed by atoms with Crippen molar-refractivity contribution in [2.45, 2.75) is 18.9 Å². The number of aliphatic hydroxyl groups is 1. The quantitative estimate of drug-likeness (QED) is 0.690. The predicted octanol–water partition coefficient (Wildman–Crippen LogP) is 1.21. The summed E-state index contributed by atoms with van der Waals surface area (Å²) in [5, 5.41) is 13.3. The van der Waals surface area contributed by atoms with Crippen LogP contribution in [0.25, 0.3) is 11.2 Å². The molecule has 0 saturated carbocycles. The second-order valence-corrected chi connectivity index (χ2v) is 4.87. The number of imidazole rings is 1. The van der Waals surface area contributed by atoms with Gasteiger partial charge in [-0.1, -0.05) is 0 Å². The van der Waals surface area contributed by atoms with Gasteiger partial charge in [-0.05, 0) is 18.5 Å². The third kappa shape index (κ3) is 3.52. The Morgan fingerprint density at radius 1 is 1.53 bits per heavy atom. The van der Waals surface area contributed by atoms with E-state index in [-0.39, 0.29) is 5.28 Å². The van der Waals surface area contributed by atoms with Crippen molar-refractivity contribution < 1.29 is 9.84 Å². The van der Waals surface area contributed by atoms with Crippen LogP contribution in [0.3, 0.4) is 0 Å². The van der Waals surface area contributed by atoms with Crippen LogP contribution >= 0.6 is 11.6 Å². The zero-order valence-corrected chi connectivity index (χ0v) is 11.5. The van der Waals surface area contributed by atoms with E-state index in [2.05, 4.69) is 25.3 Å². The van der Waals surface area contributed by atoms with E-state index in [4.69, 9.17) is 16.3 Å². The third-order valence-electron chi connectivity index (χ3n) is 2.74. The average Bonchev–Trinajstić information content (AvgIpc) is 2.81. The number of methoxy groups -OCH3 is 1. The van der Waals surface area contributed by atoms with Crippen LogP contribution in [0.1, 0.15) is 13.3 Å². The van der Waals surface area contributed by atoms with Gasteiger partial charge in [0.15, 0.2) is 11.5 Å². The maximum Gasteiger partial charge on any atom is 0.226 e. The molecule has 3 N–H and O–H groups in total. The van der Waals surface area contributed by atoms with Crippen LogP contribution in [0.5, 0.6) is 0 Å². The molecule has 0 aromatic carbocycles. The normalized spacial score (nSPS) is 14.5. The lowest BCUT2D eigenvalue weighted by atomic mass is 10.0. The summed E-state index contributed by atoms with van der Waals surface area (Å²) in [7, 11) is 1.60. The molecule has 0 aliphatic carbocycles. The highest BCUT2D eigenvalue weighted by Gasteiger charge is 2.21. The Hall–Kier alpha value is -1.44. The monoisotopic (exact) mass is 285 g/mol. The first-order chi connectivity index (χ1) is 9.02. The second kappa shape index (κ2) is 5.68. The van der Waals surface area contributed by atoms with Crippen molar-refractivity contribution in [2.75, 3.05) is 25.6 Å². The Morgan fingerprint density at radius 3 is 3.05 bits per heavy atom. The van der Waals surface area contributed by atoms with Crippen molar-refractivity contribution in [2.24, 2.45) is 0 Å². The zero-order chi connectivity index (χ0) is 13.9. The predicted molar refractivity (Wildman–Crippen MR) is 72.3 cm³/mol. The van der Waals surface area contributed by atoms with Gasteiger partial charge in [0, 0.05) is 26.7 Å². The van der Waals surface area contributed by atoms with Gasteiger partial charge in [0.05, 0.1) is 11.9 Å². The van der Waals surface area contributed by atoms with Crippen LogP contribution in [0, 0.1) is 0 Å². The van der Waals surface area contributed by atoms with Gasteiger partial charge in [0.2, 0.25) is 5.28 Å². The minimum absolute atomic E-state index is 0.110. The molecule has 0 aliphatic rings. The highest BCUT2D eigenvalue weighted by molar-refractivity contribution is 6.28. The van der Waals surface area contributed by atoms with Gasteiger partial charge in [-0.3, -0.25) is 0 Å². The van der Waals surface area contributed by atoms with Crippen molar-refractivity contribution in [1.82, 2.24) is 19.9 Å². The summed E-state index contributed by atoms with van der Waals surface area (Å²) in [6.07, 6.45) is 2.03. The van der Waals surface area contributed by atoms with E-state index in [0.717, 1.165) is 0 Å². The van der Waals surface area contributed by atoms with Crippen LogP contribution in [-0.2, 0) is 4.74 Å². The molecule has 2 aromatic rings. The van der Waals surface area contributed by atoms with E-state index in [9.17, 15) is 5.11 Å². The summed E-state index contributed by atoms with van der Waals surface area (Å²) < 4.78 is 4.96. The van der Waals surface area contributed by atoms with Gasteiger partial charge in [-0.15, -0.1) is 0 Å². The number of aromatic nitrogens is 4. The molecule has 2 heterocycles. The lowest BCUT2D eigenvalue weighted by Gasteiger charge is -2.23. The number of H-pyrrole nitrogens is 1. The smallest absolute Gasteiger partial charge is 0.226 e. The standard InChI is InChI=1S/C11H16ClN5O2/c1-11(18,3-4-19-2)5-13-8-7-9(15-6-14-7)17-10(12)16-8/h6,18H,3-5H2,1-2H3,(H2,13,14,15,16,17). The Balaban J connectivity index is 2.11. The Morgan fingerprint density at radius 2 is 2.32 bits per heavy atom. The maximum atomic E-state index is 10.2. The number of nitrogens with zero attached hydrogens (tertiary/aromatic N) is 3. The summed E-state index contributed by atoms with van der Waals surface area (Å²) in [6.45, 7) is 2.53. The summed E-state index contributed by atoms with van der Waals surface area (Å²) in [4.78, 5) is 15.0. The van der Waals surface area contributed by atoms with Gasteiger partial charge in [-0.2, -0.15) is 9.97 Å². The molecule has 1 atom stereocenters. The van der Waals surface area contributed by atoms with Crippen LogP contribution in [0.2, 0.25) is 5.28 Å². The molecular formula is C11H16ClN5O2. The number of hydrogen-bond donors (Lipinski definition) is 3. The van der Waals surface area contributed by atoms with E-state index in [0.29, 0.717) is 36.6 Å². The minimum atomic E-state index is -0.903. The van der Waals surface area contributed by atoms with Gasteiger partial charge in [0.25, 0.3) is 0 Å². The van der Waals surface area contributed by atoms with Gasteiger partial charge in [-0.25, -0.2) is 4.98 Å². The number of aromatic amines is 1. The van der Waals surface area contributed by atoms with Crippen LogP contribution in [-0.4, -0.2) is 50.9 Å². The molecule has 1 unspecified atom stereocenters. The Kier molecular flexibility index (Phi) is 4.18. The molecule has 0 bridgehead atoms. The van der Waals surface area contributed by atoms with Crippen LogP contribution < -0.4 is 5.32 Å². The molecule has 0 amide bonds. The Labute approximate surface area is 115 Å². The summed E-state index contributed by atoms with van der Waals surface area (Å²) in [5.41, 5.74) is 0.241. The fourth-order valence-corrected chi connectivity index (χ4v) is 1.78. The van der Waals surface area contributed by atoms with Gasteiger partial charge in [0.1, 0.15) is 5.52 Å². The van der Waals surface area contributed by atoms with E-state index in [1.807, 2.05) is 0 Å². The van der Waals surface area contributed by atoms with E-state index in [1.54, 1.807) is 14.0 Å². The zero-order valence-electron chi connectivity index (χ0n) is 10.8. The first kappa shape index (κ1) is 14.0. The number of ether oxygens (including phenoxy) is 1. The average molecular weight is 286 g/mol. The van der Waals surface area contributed by atoms with Crippen LogP contribution in [0.4, 0.5) is 5.82 Å². The highest BCUT2D eigenvalue weighted by atomic mass is 35.5. The number of anilines is 1. The molecule has 8 heteroatoms. The molecule has 104 valence electrons. The molecule has 19 heavy (non-hydrogen) atoms. The Bertz CT molecular complexity index is 557. The van der Waals surface area contributed by atoms with E-state index in [1.165, 1.54) is 6.33 Å². The number of hydrogen-bond acceptors (Lipinski definition) is 6. The number of halogens is 1. The minimum Gasteiger partial charge on any atom is -0.388 e. The largest absolute Gasteiger partial charge is 0.388 e. The van der Waals surface area contributed by atoms with Crippen molar-refractivity contribution in [3.8, 4) is 0 Å². The van der Waals surface area contributed by atoms with E-state index >= 15 is 0 Å². The molecule has 2 aromatic heterocycles. The second-order valence-electron chi connectivity index (χ2n) is 4.54. The van der Waals surface area contributed by atoms with Crippen molar-refractivity contribution in [1.29, 1.82) is 0 Å². The SMILES string of the molecule is COCCC(C)(O)CNc1nc(Cl)nc2nc[nH]c12. The molecule has 0 aliphatic heterocycles. The topological polar surface area (TPSA) is 96.0 Å². The first-order valence-electron chi connectivity index (χ1n) is 5.84. The molecule has 7 nitrogen and oxygen atoms in total. The molecule has 0 radical (unpaired) electrons. The maximum absolute atomic E-state index is 10.2. The van der Waals surface area contributed by atoms with Gasteiger partial charge < -0.3 is 20.1 Å². The van der Waals surface area contributed by atoms with Gasteiger partial charge >= 0.3 is 0 Å². The fraction of sp³-hybridized carbons (Fsp3) is 0.545. The van der Waals surface area contributed by atoms with E-state index < -0.39 is 5.60 Å². The third-order valence-corrected chi connectivity index (χ3v) is 2.91. The van der Waals surface area contributed by atoms with Crippen LogP contribution in [0.15, 0.2) is 6.33 Å². The summed E-state index contributed by atoms with van der Waals surface area (Å²) >= 11 is 5.82. The van der Waals surface area contributed by atoms with Crippen molar-refractivity contribution in [3.05, 3.63) is 11.6 Å². The summed E-state index contributed by atoms with van der Waals surface area (Å²) in [6, 6.07) is 0. The lowest BCUT2D eigenvalue weighted by molar-refractivity contribution is 0.0357. The number of nitrogens with one attached hydrogen (secondary N) is 2. The number of fused-ring (bicyclic) bond motifs is 1. The molecule has 2 rings (SSSR count). The molecule has 0 spiro atoms. The first-order valence-corrected chi connectivity index (χ1v) is 6.21. The highest BCUT2D eigenvalue weighted by Crippen LogP contribution is 2.20. The number of rotatable bonds is 6. The lowest BCUT2D eigenvalue weighted by Crippen LogP contribution is -2.35. The molecular weight excluding hydrogens is 270 g/mol. The van der Waals surface area contributed by atoms with Crippen molar-refractivity contribution in [3.63, 3.8) is 0 Å². The summed E-state index contributed by atoms with van der Waals surface area (Å²) in [5.74, 6) is 0.519. The molecule has 0 fully saturated rings.